The molecule has 1 rings (SSSR count). The molecule has 0 aliphatic carbocycles. The van der Waals surface area contributed by atoms with Gasteiger partial charge in [-0.3, -0.25) is 4.79 Å². The molecule has 1 aromatic carbocycles. The molecule has 0 radical (unpaired) electrons. The van der Waals surface area contributed by atoms with E-state index in [0.717, 1.165) is 17.3 Å². The van der Waals surface area contributed by atoms with Crippen molar-refractivity contribution in [2.24, 2.45) is 5.92 Å². The number of amides is 1. The van der Waals surface area contributed by atoms with Gasteiger partial charge in [0.05, 0.1) is 6.42 Å². The van der Waals surface area contributed by atoms with E-state index in [0.29, 0.717) is 12.3 Å². The van der Waals surface area contributed by atoms with E-state index in [1.54, 1.807) is 12.1 Å². The van der Waals surface area contributed by atoms with E-state index in [4.69, 9.17) is 0 Å². The molecular formula is C14H19BrFNO. The average Bonchev–Trinajstić information content (AvgIpc) is 2.31. The summed E-state index contributed by atoms with van der Waals surface area (Å²) in [6, 6.07) is 6.22. The second kappa shape index (κ2) is 7.52. The van der Waals surface area contributed by atoms with E-state index >= 15 is 0 Å². The predicted molar refractivity (Wildman–Crippen MR) is 75.3 cm³/mol. The third kappa shape index (κ3) is 5.17. The van der Waals surface area contributed by atoms with E-state index in [2.05, 4.69) is 35.1 Å². The number of carbonyl (C=O) groups is 1. The Morgan fingerprint density at radius 1 is 1.33 bits per heavy atom. The predicted octanol–water partition coefficient (Wildman–Crippen LogP) is 3.29. The summed E-state index contributed by atoms with van der Waals surface area (Å²) < 4.78 is 12.7. The van der Waals surface area contributed by atoms with Crippen LogP contribution in [0, 0.1) is 11.7 Å². The van der Waals surface area contributed by atoms with Crippen molar-refractivity contribution < 1.29 is 9.18 Å². The lowest BCUT2D eigenvalue weighted by Gasteiger charge is -2.21. The lowest BCUT2D eigenvalue weighted by atomic mass is 10.0. The Balaban J connectivity index is 2.52. The van der Waals surface area contributed by atoms with E-state index < -0.39 is 0 Å². The summed E-state index contributed by atoms with van der Waals surface area (Å²) in [6.07, 6.45) is 1.21. The van der Waals surface area contributed by atoms with E-state index in [1.807, 2.05) is 0 Å². The SMILES string of the molecule is CC(C)C(CCBr)NC(=O)Cc1ccc(F)cc1. The molecule has 0 heterocycles. The number of hydrogen-bond acceptors (Lipinski definition) is 1. The first kappa shape index (κ1) is 15.2. The molecule has 0 aromatic heterocycles. The molecule has 0 saturated heterocycles. The number of alkyl halides is 1. The lowest BCUT2D eigenvalue weighted by molar-refractivity contribution is -0.121. The maximum Gasteiger partial charge on any atom is 0.224 e. The van der Waals surface area contributed by atoms with Gasteiger partial charge in [-0.05, 0) is 30.0 Å². The van der Waals surface area contributed by atoms with Gasteiger partial charge in [-0.2, -0.15) is 0 Å². The van der Waals surface area contributed by atoms with Crippen LogP contribution in [0.3, 0.4) is 0 Å². The molecule has 1 unspecified atom stereocenters. The highest BCUT2D eigenvalue weighted by atomic mass is 79.9. The van der Waals surface area contributed by atoms with Crippen LogP contribution < -0.4 is 5.32 Å². The number of rotatable bonds is 6. The molecule has 100 valence electrons. The zero-order chi connectivity index (χ0) is 13.5. The second-order valence-corrected chi connectivity index (χ2v) is 5.49. The van der Waals surface area contributed by atoms with Crippen LogP contribution in [-0.4, -0.2) is 17.3 Å². The maximum absolute atomic E-state index is 12.7. The largest absolute Gasteiger partial charge is 0.353 e. The molecule has 1 aromatic rings. The number of benzene rings is 1. The van der Waals surface area contributed by atoms with Crippen molar-refractivity contribution in [2.45, 2.75) is 32.7 Å². The highest BCUT2D eigenvalue weighted by molar-refractivity contribution is 9.09. The fourth-order valence-corrected chi connectivity index (χ4v) is 2.23. The lowest BCUT2D eigenvalue weighted by Crippen LogP contribution is -2.39. The Bertz CT molecular complexity index is 378. The van der Waals surface area contributed by atoms with Crippen molar-refractivity contribution in [3.8, 4) is 0 Å². The number of carbonyl (C=O) groups excluding carboxylic acids is 1. The monoisotopic (exact) mass is 315 g/mol. The number of nitrogens with one attached hydrogen (secondary N) is 1. The van der Waals surface area contributed by atoms with Crippen LogP contribution >= 0.6 is 15.9 Å². The third-order valence-electron chi connectivity index (χ3n) is 2.85. The van der Waals surface area contributed by atoms with Crippen LogP contribution in [0.5, 0.6) is 0 Å². The number of halogens is 2. The minimum atomic E-state index is -0.279. The Labute approximate surface area is 116 Å². The van der Waals surface area contributed by atoms with E-state index in [1.165, 1.54) is 12.1 Å². The first-order valence-corrected chi connectivity index (χ1v) is 7.25. The van der Waals surface area contributed by atoms with Crippen LogP contribution in [0.2, 0.25) is 0 Å². The topological polar surface area (TPSA) is 29.1 Å². The fourth-order valence-electron chi connectivity index (χ4n) is 1.74. The van der Waals surface area contributed by atoms with Gasteiger partial charge in [0, 0.05) is 11.4 Å². The summed E-state index contributed by atoms with van der Waals surface area (Å²) in [4.78, 5) is 11.9. The molecule has 0 bridgehead atoms. The molecule has 0 aliphatic rings. The maximum atomic E-state index is 12.7. The smallest absolute Gasteiger partial charge is 0.224 e. The molecule has 2 nitrogen and oxygen atoms in total. The minimum absolute atomic E-state index is 0.0127. The van der Waals surface area contributed by atoms with Crippen molar-refractivity contribution in [3.05, 3.63) is 35.6 Å². The van der Waals surface area contributed by atoms with Gasteiger partial charge in [0.1, 0.15) is 5.82 Å². The standard InChI is InChI=1S/C14H19BrFNO/c1-10(2)13(7-8-15)17-14(18)9-11-3-5-12(16)6-4-11/h3-6,10,13H,7-9H2,1-2H3,(H,17,18). The molecule has 1 amide bonds. The Kier molecular flexibility index (Phi) is 6.33. The van der Waals surface area contributed by atoms with Gasteiger partial charge in [-0.15, -0.1) is 0 Å². The van der Waals surface area contributed by atoms with Crippen molar-refractivity contribution in [1.29, 1.82) is 0 Å². The minimum Gasteiger partial charge on any atom is -0.353 e. The molecule has 18 heavy (non-hydrogen) atoms. The van der Waals surface area contributed by atoms with Crippen molar-refractivity contribution in [3.63, 3.8) is 0 Å². The first-order chi connectivity index (χ1) is 8.52. The average molecular weight is 316 g/mol. The number of hydrogen-bond donors (Lipinski definition) is 1. The normalized spacial score (nSPS) is 12.5. The summed E-state index contributed by atoms with van der Waals surface area (Å²) >= 11 is 3.39. The van der Waals surface area contributed by atoms with E-state index in [9.17, 15) is 9.18 Å². The molecule has 0 aliphatic heterocycles. The van der Waals surface area contributed by atoms with Gasteiger partial charge >= 0.3 is 0 Å². The Hall–Kier alpha value is -0.900. The zero-order valence-electron chi connectivity index (χ0n) is 10.7. The van der Waals surface area contributed by atoms with Crippen LogP contribution in [0.4, 0.5) is 4.39 Å². The highest BCUT2D eigenvalue weighted by Gasteiger charge is 2.15. The van der Waals surface area contributed by atoms with Crippen molar-refractivity contribution in [1.82, 2.24) is 5.32 Å². The Morgan fingerprint density at radius 3 is 2.44 bits per heavy atom. The van der Waals surface area contributed by atoms with E-state index in [-0.39, 0.29) is 17.8 Å². The van der Waals surface area contributed by atoms with Crippen molar-refractivity contribution in [2.75, 3.05) is 5.33 Å². The van der Waals surface area contributed by atoms with Crippen LogP contribution in [0.15, 0.2) is 24.3 Å². The molecule has 0 saturated carbocycles. The molecule has 1 N–H and O–H groups in total. The van der Waals surface area contributed by atoms with Crippen LogP contribution in [0.25, 0.3) is 0 Å². The van der Waals surface area contributed by atoms with Crippen molar-refractivity contribution >= 4 is 21.8 Å². The highest BCUT2D eigenvalue weighted by Crippen LogP contribution is 2.09. The van der Waals surface area contributed by atoms with Crippen LogP contribution in [-0.2, 0) is 11.2 Å². The van der Waals surface area contributed by atoms with Crippen LogP contribution in [0.1, 0.15) is 25.8 Å². The van der Waals surface area contributed by atoms with Gasteiger partial charge in [0.25, 0.3) is 0 Å². The quantitative estimate of drug-likeness (QED) is 0.802. The molecular weight excluding hydrogens is 297 g/mol. The fraction of sp³-hybridized carbons (Fsp3) is 0.500. The summed E-state index contributed by atoms with van der Waals surface area (Å²) in [6.45, 7) is 4.18. The molecule has 1 atom stereocenters. The van der Waals surface area contributed by atoms with Gasteiger partial charge in [-0.25, -0.2) is 4.39 Å². The second-order valence-electron chi connectivity index (χ2n) is 4.70. The molecule has 0 spiro atoms. The van der Waals surface area contributed by atoms with Gasteiger partial charge in [0.15, 0.2) is 0 Å². The third-order valence-corrected chi connectivity index (χ3v) is 3.31. The zero-order valence-corrected chi connectivity index (χ0v) is 12.3. The van der Waals surface area contributed by atoms with Gasteiger partial charge in [0.2, 0.25) is 5.91 Å². The molecule has 4 heteroatoms. The summed E-state index contributed by atoms with van der Waals surface area (Å²) in [5, 5.41) is 3.89. The van der Waals surface area contributed by atoms with Gasteiger partial charge < -0.3 is 5.32 Å². The summed E-state index contributed by atoms with van der Waals surface area (Å²) in [5.74, 6) is 0.111. The van der Waals surface area contributed by atoms with Gasteiger partial charge in [-0.1, -0.05) is 41.9 Å². The Morgan fingerprint density at radius 2 is 1.94 bits per heavy atom. The molecule has 0 fully saturated rings. The summed E-state index contributed by atoms with van der Waals surface area (Å²) in [7, 11) is 0. The summed E-state index contributed by atoms with van der Waals surface area (Å²) in [5.41, 5.74) is 0.829. The first-order valence-electron chi connectivity index (χ1n) is 6.12.